The molecular formula is C39H63O8P. The Hall–Kier alpha value is -2.77. The van der Waals surface area contributed by atoms with Crippen molar-refractivity contribution in [2.24, 2.45) is 0 Å². The van der Waals surface area contributed by atoms with E-state index in [0.717, 1.165) is 51.4 Å². The smallest absolute Gasteiger partial charge is 0.462 e. The van der Waals surface area contributed by atoms with Crippen LogP contribution in [0.5, 0.6) is 0 Å². The summed E-state index contributed by atoms with van der Waals surface area (Å²) < 4.78 is 26.2. The molecule has 0 aliphatic rings. The maximum absolute atomic E-state index is 12.3. The van der Waals surface area contributed by atoms with Crippen LogP contribution < -0.4 is 0 Å². The van der Waals surface area contributed by atoms with E-state index in [1.54, 1.807) is 0 Å². The minimum absolute atomic E-state index is 0.150. The number of carbonyl (C=O) groups excluding carboxylic acids is 2. The topological polar surface area (TPSA) is 119 Å². The highest BCUT2D eigenvalue weighted by atomic mass is 31.2. The lowest BCUT2D eigenvalue weighted by Crippen LogP contribution is -2.29. The van der Waals surface area contributed by atoms with Gasteiger partial charge in [0.1, 0.15) is 6.61 Å². The Morgan fingerprint density at radius 3 is 1.75 bits per heavy atom. The largest absolute Gasteiger partial charge is 0.469 e. The molecule has 48 heavy (non-hydrogen) atoms. The first-order valence-electron chi connectivity index (χ1n) is 17.9. The zero-order valence-electron chi connectivity index (χ0n) is 29.6. The van der Waals surface area contributed by atoms with E-state index in [9.17, 15) is 14.2 Å². The maximum Gasteiger partial charge on any atom is 0.469 e. The summed E-state index contributed by atoms with van der Waals surface area (Å²) in [5, 5.41) is 0. The lowest BCUT2D eigenvalue weighted by molar-refractivity contribution is -0.161. The molecule has 9 heteroatoms. The molecule has 0 aromatic carbocycles. The fourth-order valence-electron chi connectivity index (χ4n) is 4.34. The Kier molecular flexibility index (Phi) is 32.1. The molecule has 0 fully saturated rings. The van der Waals surface area contributed by atoms with Gasteiger partial charge in [0.05, 0.1) is 6.61 Å². The number of ether oxygens (including phenoxy) is 2. The molecule has 1 atom stereocenters. The van der Waals surface area contributed by atoms with E-state index in [1.165, 1.54) is 38.5 Å². The average molecular weight is 691 g/mol. The number of phosphoric acid groups is 1. The van der Waals surface area contributed by atoms with Crippen molar-refractivity contribution in [2.45, 2.75) is 136 Å². The first-order valence-corrected chi connectivity index (χ1v) is 19.5. The van der Waals surface area contributed by atoms with Crippen LogP contribution in [0.15, 0.2) is 85.1 Å². The van der Waals surface area contributed by atoms with Crippen LogP contribution in [-0.4, -0.2) is 41.0 Å². The Balaban J connectivity index is 4.16. The number of allylic oxidation sites excluding steroid dienone is 14. The summed E-state index contributed by atoms with van der Waals surface area (Å²) in [7, 11) is -4.78. The van der Waals surface area contributed by atoms with Gasteiger partial charge in [0.15, 0.2) is 6.10 Å². The molecule has 0 bridgehead atoms. The van der Waals surface area contributed by atoms with Crippen LogP contribution in [0, 0.1) is 0 Å². The highest BCUT2D eigenvalue weighted by Crippen LogP contribution is 2.35. The van der Waals surface area contributed by atoms with Crippen molar-refractivity contribution in [3.8, 4) is 0 Å². The Labute approximate surface area is 291 Å². The van der Waals surface area contributed by atoms with Crippen molar-refractivity contribution in [3.63, 3.8) is 0 Å². The number of hydrogen-bond acceptors (Lipinski definition) is 6. The zero-order valence-corrected chi connectivity index (χ0v) is 30.5. The standard InChI is InChI=1S/C39H63O8P/c1-3-5-7-9-11-13-15-17-18-19-20-22-23-25-27-29-31-33-38(40)45-35-37(36-46-48(42,43)44)47-39(41)34-32-30-28-26-24-21-16-14-12-10-8-6-4-2/h6,8,10,12,14,16-18,20-22,24-25,27,37H,3-5,7,9,11,13,15,19,23,26,28-36H2,1-2H3,(H2,42,43,44)/b8-6+,12-10+,16-14+,18-17+,22-20+,24-21+,27-25+. The third kappa shape index (κ3) is 36.1. The molecule has 0 saturated carbocycles. The molecule has 0 saturated heterocycles. The predicted octanol–water partition coefficient (Wildman–Crippen LogP) is 10.5. The third-order valence-corrected chi connectivity index (χ3v) is 7.48. The molecule has 0 aromatic heterocycles. The van der Waals surface area contributed by atoms with Crippen molar-refractivity contribution in [1.82, 2.24) is 0 Å². The van der Waals surface area contributed by atoms with Gasteiger partial charge in [-0.1, -0.05) is 137 Å². The first kappa shape index (κ1) is 45.2. The second-order valence-electron chi connectivity index (χ2n) is 11.5. The van der Waals surface area contributed by atoms with Gasteiger partial charge >= 0.3 is 19.8 Å². The lowest BCUT2D eigenvalue weighted by atomic mass is 10.1. The SMILES string of the molecule is CC/C=C/C=C/C=C/C=C/CCCCCC(=O)OC(COC(=O)CCC/C=C/C/C=C/C/C=C/CCCCCCCC)COP(=O)(O)O. The van der Waals surface area contributed by atoms with Crippen LogP contribution in [-0.2, 0) is 28.2 Å². The molecular weight excluding hydrogens is 627 g/mol. The van der Waals surface area contributed by atoms with Gasteiger partial charge in [0.2, 0.25) is 0 Å². The summed E-state index contributed by atoms with van der Waals surface area (Å²) in [6, 6.07) is 0. The molecule has 272 valence electrons. The van der Waals surface area contributed by atoms with E-state index in [1.807, 2.05) is 42.5 Å². The van der Waals surface area contributed by atoms with E-state index in [2.05, 4.69) is 60.9 Å². The van der Waals surface area contributed by atoms with E-state index in [4.69, 9.17) is 19.3 Å². The molecule has 0 amide bonds. The molecule has 0 aliphatic heterocycles. The van der Waals surface area contributed by atoms with Crippen LogP contribution in [0.1, 0.15) is 129 Å². The summed E-state index contributed by atoms with van der Waals surface area (Å²) in [6.45, 7) is 3.42. The molecule has 2 N–H and O–H groups in total. The van der Waals surface area contributed by atoms with Gasteiger partial charge in [-0.2, -0.15) is 0 Å². The van der Waals surface area contributed by atoms with Gasteiger partial charge < -0.3 is 19.3 Å². The molecule has 0 spiro atoms. The molecule has 0 radical (unpaired) electrons. The molecule has 8 nitrogen and oxygen atoms in total. The van der Waals surface area contributed by atoms with Crippen molar-refractivity contribution in [2.75, 3.05) is 13.2 Å². The van der Waals surface area contributed by atoms with Crippen LogP contribution in [0.4, 0.5) is 0 Å². The molecule has 0 rings (SSSR count). The maximum atomic E-state index is 12.3. The van der Waals surface area contributed by atoms with Crippen LogP contribution in [0.25, 0.3) is 0 Å². The fraction of sp³-hybridized carbons (Fsp3) is 0.590. The summed E-state index contributed by atoms with van der Waals surface area (Å²) in [5.74, 6) is -1.00. The number of esters is 2. The van der Waals surface area contributed by atoms with Crippen molar-refractivity contribution in [1.29, 1.82) is 0 Å². The fourth-order valence-corrected chi connectivity index (χ4v) is 4.70. The molecule has 0 aliphatic carbocycles. The monoisotopic (exact) mass is 690 g/mol. The first-order chi connectivity index (χ1) is 23.3. The average Bonchev–Trinajstić information content (AvgIpc) is 3.05. The van der Waals surface area contributed by atoms with Crippen LogP contribution >= 0.6 is 7.82 Å². The highest BCUT2D eigenvalue weighted by Gasteiger charge is 2.22. The van der Waals surface area contributed by atoms with Gasteiger partial charge in [0, 0.05) is 12.8 Å². The van der Waals surface area contributed by atoms with Crippen molar-refractivity contribution in [3.05, 3.63) is 85.1 Å². The summed E-state index contributed by atoms with van der Waals surface area (Å²) >= 11 is 0. The lowest BCUT2D eigenvalue weighted by Gasteiger charge is -2.18. The summed E-state index contributed by atoms with van der Waals surface area (Å²) in [4.78, 5) is 42.6. The van der Waals surface area contributed by atoms with E-state index < -0.39 is 32.5 Å². The van der Waals surface area contributed by atoms with Crippen LogP contribution in [0.2, 0.25) is 0 Å². The number of phosphoric ester groups is 1. The van der Waals surface area contributed by atoms with Gasteiger partial charge in [-0.3, -0.25) is 14.1 Å². The summed E-state index contributed by atoms with van der Waals surface area (Å²) in [6.07, 6.45) is 44.6. The Morgan fingerprint density at radius 2 is 1.10 bits per heavy atom. The van der Waals surface area contributed by atoms with Gasteiger partial charge in [-0.05, 0) is 64.2 Å². The minimum Gasteiger partial charge on any atom is -0.462 e. The number of rotatable bonds is 31. The molecule has 0 heterocycles. The third-order valence-electron chi connectivity index (χ3n) is 6.99. The van der Waals surface area contributed by atoms with E-state index >= 15 is 0 Å². The van der Waals surface area contributed by atoms with E-state index in [-0.39, 0.29) is 19.4 Å². The summed E-state index contributed by atoms with van der Waals surface area (Å²) in [5.41, 5.74) is 0. The van der Waals surface area contributed by atoms with Crippen LogP contribution in [0.3, 0.4) is 0 Å². The number of unbranched alkanes of at least 4 members (excludes halogenated alkanes) is 10. The van der Waals surface area contributed by atoms with Gasteiger partial charge in [-0.25, -0.2) is 4.57 Å². The van der Waals surface area contributed by atoms with Gasteiger partial charge in [0.25, 0.3) is 0 Å². The normalized spacial score (nSPS) is 13.5. The molecule has 0 aromatic rings. The van der Waals surface area contributed by atoms with Crippen molar-refractivity contribution >= 4 is 19.8 Å². The Morgan fingerprint density at radius 1 is 0.583 bits per heavy atom. The second-order valence-corrected chi connectivity index (χ2v) is 12.8. The van der Waals surface area contributed by atoms with Gasteiger partial charge in [-0.15, -0.1) is 0 Å². The van der Waals surface area contributed by atoms with Crippen molar-refractivity contribution < 1.29 is 37.9 Å². The number of carbonyl (C=O) groups is 2. The zero-order chi connectivity index (χ0) is 35.4. The predicted molar refractivity (Wildman–Crippen MR) is 197 cm³/mol. The highest BCUT2D eigenvalue weighted by molar-refractivity contribution is 7.46. The van der Waals surface area contributed by atoms with E-state index in [0.29, 0.717) is 12.8 Å². The molecule has 1 unspecified atom stereocenters. The quantitative estimate of drug-likeness (QED) is 0.0242. The minimum atomic E-state index is -4.78. The Bertz CT molecular complexity index is 1050. The number of hydrogen-bond donors (Lipinski definition) is 2. The second kappa shape index (κ2) is 34.1.